The molecule has 0 bridgehead atoms. The van der Waals surface area contributed by atoms with E-state index in [0.29, 0.717) is 11.6 Å². The molecule has 10 heteroatoms. The number of nitrogens with zero attached hydrogens (tertiary/aromatic N) is 2. The molecule has 0 radical (unpaired) electrons. The molecular weight excluding hydrogens is 339 g/mol. The summed E-state index contributed by atoms with van der Waals surface area (Å²) in [5.74, 6) is -1.60. The number of hydrogen-bond donors (Lipinski definition) is 0. The van der Waals surface area contributed by atoms with Crippen molar-refractivity contribution in [1.82, 2.24) is 4.98 Å². The molecule has 22 heavy (non-hydrogen) atoms. The van der Waals surface area contributed by atoms with Crippen LogP contribution in [0.15, 0.2) is 35.4 Å². The molecule has 0 spiro atoms. The van der Waals surface area contributed by atoms with Crippen molar-refractivity contribution in [3.8, 4) is 5.75 Å². The number of pyridine rings is 1. The third-order valence-corrected chi connectivity index (χ3v) is 4.19. The van der Waals surface area contributed by atoms with Gasteiger partial charge in [0.2, 0.25) is 5.75 Å². The minimum absolute atomic E-state index is 0.107. The topological polar surface area (TPSA) is 99.4 Å². The Morgan fingerprint density at radius 1 is 1.36 bits per heavy atom. The van der Waals surface area contributed by atoms with E-state index in [4.69, 9.17) is 11.6 Å². The molecule has 0 fully saturated rings. The van der Waals surface area contributed by atoms with E-state index in [0.717, 1.165) is 18.3 Å². The molecule has 1 aromatic carbocycles. The highest BCUT2D eigenvalue weighted by molar-refractivity contribution is 7.87. The number of nitro groups is 1. The molecule has 0 amide bonds. The van der Waals surface area contributed by atoms with E-state index in [9.17, 15) is 22.9 Å². The maximum atomic E-state index is 13.2. The zero-order valence-electron chi connectivity index (χ0n) is 11.0. The van der Waals surface area contributed by atoms with Gasteiger partial charge in [-0.15, -0.1) is 0 Å². The van der Waals surface area contributed by atoms with Gasteiger partial charge in [-0.25, -0.2) is 9.37 Å². The quantitative estimate of drug-likeness (QED) is 0.365. The first kappa shape index (κ1) is 16.1. The molecule has 1 heterocycles. The Labute approximate surface area is 129 Å². The monoisotopic (exact) mass is 346 g/mol. The fourth-order valence-electron chi connectivity index (χ4n) is 1.54. The summed E-state index contributed by atoms with van der Waals surface area (Å²) in [7, 11) is -4.42. The first-order valence-electron chi connectivity index (χ1n) is 5.71. The van der Waals surface area contributed by atoms with Crippen LogP contribution in [0.2, 0.25) is 5.15 Å². The van der Waals surface area contributed by atoms with Gasteiger partial charge in [-0.1, -0.05) is 11.6 Å². The molecule has 2 rings (SSSR count). The standard InChI is InChI=1S/C12H8ClFN2O5S/c1-7-4-9(6-15-12(7)13)22(19,20)21-11-5-8(14)2-3-10(11)16(17)18/h2-6H,1H3. The summed E-state index contributed by atoms with van der Waals surface area (Å²) >= 11 is 5.69. The SMILES string of the molecule is Cc1cc(S(=O)(=O)Oc2cc(F)ccc2[N+](=O)[O-])cnc1Cl. The fraction of sp³-hybridized carbons (Fsp3) is 0.0833. The van der Waals surface area contributed by atoms with Gasteiger partial charge in [0.1, 0.15) is 15.9 Å². The maximum Gasteiger partial charge on any atom is 0.341 e. The first-order chi connectivity index (χ1) is 10.2. The van der Waals surface area contributed by atoms with Crippen LogP contribution in [0.1, 0.15) is 5.56 Å². The first-order valence-corrected chi connectivity index (χ1v) is 7.50. The van der Waals surface area contributed by atoms with E-state index in [1.807, 2.05) is 0 Å². The number of halogens is 2. The van der Waals surface area contributed by atoms with E-state index < -0.39 is 32.3 Å². The maximum absolute atomic E-state index is 13.2. The van der Waals surface area contributed by atoms with Gasteiger partial charge in [0, 0.05) is 12.1 Å². The molecule has 116 valence electrons. The molecule has 2 aromatic rings. The predicted molar refractivity (Wildman–Crippen MR) is 74.9 cm³/mol. The van der Waals surface area contributed by atoms with Crippen molar-refractivity contribution in [3.63, 3.8) is 0 Å². The fourth-order valence-corrected chi connectivity index (χ4v) is 2.61. The van der Waals surface area contributed by atoms with Gasteiger partial charge >= 0.3 is 15.8 Å². The number of rotatable bonds is 4. The second-order valence-corrected chi connectivity index (χ2v) is 6.09. The van der Waals surface area contributed by atoms with Gasteiger partial charge in [0.25, 0.3) is 0 Å². The van der Waals surface area contributed by atoms with Gasteiger partial charge in [-0.2, -0.15) is 8.42 Å². The van der Waals surface area contributed by atoms with E-state index in [1.54, 1.807) is 0 Å². The average Bonchev–Trinajstić information content (AvgIpc) is 2.41. The van der Waals surface area contributed by atoms with Crippen LogP contribution in [0.5, 0.6) is 5.75 Å². The van der Waals surface area contributed by atoms with E-state index in [-0.39, 0.29) is 10.0 Å². The van der Waals surface area contributed by atoms with Crippen LogP contribution in [0.3, 0.4) is 0 Å². The normalized spacial score (nSPS) is 11.2. The molecule has 1 aromatic heterocycles. The van der Waals surface area contributed by atoms with E-state index in [2.05, 4.69) is 9.17 Å². The summed E-state index contributed by atoms with van der Waals surface area (Å²) in [6.45, 7) is 1.53. The van der Waals surface area contributed by atoms with Crippen LogP contribution in [0.25, 0.3) is 0 Å². The molecule has 7 nitrogen and oxygen atoms in total. The van der Waals surface area contributed by atoms with Crippen LogP contribution in [-0.4, -0.2) is 18.3 Å². The molecule has 0 saturated carbocycles. The summed E-state index contributed by atoms with van der Waals surface area (Å²) in [6.07, 6.45) is 0.940. The molecule has 0 N–H and O–H groups in total. The molecule has 0 aliphatic heterocycles. The summed E-state index contributed by atoms with van der Waals surface area (Å²) in [4.78, 5) is 13.3. The zero-order chi connectivity index (χ0) is 16.5. The highest BCUT2D eigenvalue weighted by atomic mass is 35.5. The van der Waals surface area contributed by atoms with Crippen LogP contribution in [0, 0.1) is 22.9 Å². The molecule has 0 atom stereocenters. The summed E-state index contributed by atoms with van der Waals surface area (Å²) in [6, 6.07) is 3.44. The second kappa shape index (κ2) is 5.85. The third-order valence-electron chi connectivity index (χ3n) is 2.60. The van der Waals surface area contributed by atoms with Crippen molar-refractivity contribution >= 4 is 27.4 Å². The largest absolute Gasteiger partial charge is 0.371 e. The van der Waals surface area contributed by atoms with Crippen LogP contribution < -0.4 is 4.18 Å². The summed E-state index contributed by atoms with van der Waals surface area (Å²) in [5, 5.41) is 10.9. The highest BCUT2D eigenvalue weighted by Gasteiger charge is 2.24. The van der Waals surface area contributed by atoms with Crippen molar-refractivity contribution in [2.45, 2.75) is 11.8 Å². The molecule has 0 aliphatic carbocycles. The molecular formula is C12H8ClFN2O5S. The number of hydrogen-bond acceptors (Lipinski definition) is 6. The number of nitro benzene ring substituents is 1. The second-order valence-electron chi connectivity index (χ2n) is 4.19. The number of aromatic nitrogens is 1. The van der Waals surface area contributed by atoms with Crippen molar-refractivity contribution in [2.24, 2.45) is 0 Å². The van der Waals surface area contributed by atoms with E-state index >= 15 is 0 Å². The highest BCUT2D eigenvalue weighted by Crippen LogP contribution is 2.30. The van der Waals surface area contributed by atoms with Gasteiger partial charge in [-0.05, 0) is 24.6 Å². The van der Waals surface area contributed by atoms with Gasteiger partial charge in [0.05, 0.1) is 11.1 Å². The Balaban J connectivity index is 2.47. The molecule has 0 unspecified atom stereocenters. The van der Waals surface area contributed by atoms with Gasteiger partial charge < -0.3 is 4.18 Å². The Kier molecular flexibility index (Phi) is 4.29. The van der Waals surface area contributed by atoms with E-state index in [1.165, 1.54) is 13.0 Å². The van der Waals surface area contributed by atoms with Crippen LogP contribution in [0.4, 0.5) is 10.1 Å². The van der Waals surface area contributed by atoms with Crippen molar-refractivity contribution in [2.75, 3.05) is 0 Å². The van der Waals surface area contributed by atoms with Crippen LogP contribution >= 0.6 is 11.6 Å². The molecule has 0 saturated heterocycles. The lowest BCUT2D eigenvalue weighted by molar-refractivity contribution is -0.385. The number of aryl methyl sites for hydroxylation is 1. The summed E-state index contributed by atoms with van der Waals surface area (Å²) < 4.78 is 42.0. The lowest BCUT2D eigenvalue weighted by Gasteiger charge is -2.08. The Hall–Kier alpha value is -2.26. The van der Waals surface area contributed by atoms with Crippen molar-refractivity contribution < 1.29 is 21.9 Å². The minimum Gasteiger partial charge on any atom is -0.371 e. The van der Waals surface area contributed by atoms with Gasteiger partial charge in [-0.3, -0.25) is 10.1 Å². The Morgan fingerprint density at radius 2 is 2.05 bits per heavy atom. The average molecular weight is 347 g/mol. The minimum atomic E-state index is -4.42. The lowest BCUT2D eigenvalue weighted by atomic mass is 10.3. The van der Waals surface area contributed by atoms with Crippen molar-refractivity contribution in [3.05, 3.63) is 57.1 Å². The van der Waals surface area contributed by atoms with Gasteiger partial charge in [0.15, 0.2) is 0 Å². The number of benzene rings is 1. The zero-order valence-corrected chi connectivity index (χ0v) is 12.6. The molecule has 0 aliphatic rings. The Morgan fingerprint density at radius 3 is 2.64 bits per heavy atom. The summed E-state index contributed by atoms with van der Waals surface area (Å²) in [5.41, 5.74) is -0.302. The lowest BCUT2D eigenvalue weighted by Crippen LogP contribution is -2.11. The Bertz CT molecular complexity index is 857. The van der Waals surface area contributed by atoms with Crippen LogP contribution in [-0.2, 0) is 10.1 Å². The smallest absolute Gasteiger partial charge is 0.341 e. The predicted octanol–water partition coefficient (Wildman–Crippen LogP) is 2.86. The third kappa shape index (κ3) is 3.31. The van der Waals surface area contributed by atoms with Crippen molar-refractivity contribution in [1.29, 1.82) is 0 Å².